The Morgan fingerprint density at radius 2 is 2.14 bits per heavy atom. The van der Waals surface area contributed by atoms with Crippen molar-refractivity contribution in [1.29, 1.82) is 0 Å². The molecule has 0 saturated carbocycles. The zero-order valence-electron chi connectivity index (χ0n) is 11.3. The molecule has 2 aromatic rings. The van der Waals surface area contributed by atoms with E-state index in [-0.39, 0.29) is 18.7 Å². The number of hydrogen-bond acceptors (Lipinski definition) is 4. The topological polar surface area (TPSA) is 81.3 Å². The lowest BCUT2D eigenvalue weighted by Gasteiger charge is -2.21. The third kappa shape index (κ3) is 2.23. The Kier molecular flexibility index (Phi) is 3.10. The SMILES string of the molecule is CC#Cc1ccc2c(c1)oc(=O)n2C1CCC(=O)NC1=O. The molecule has 1 atom stereocenters. The smallest absolute Gasteiger partial charge is 0.408 e. The Bertz CT molecular complexity index is 863. The number of imide groups is 1. The van der Waals surface area contributed by atoms with Crippen molar-refractivity contribution in [2.45, 2.75) is 25.8 Å². The number of oxazole rings is 1. The van der Waals surface area contributed by atoms with Crippen molar-refractivity contribution < 1.29 is 14.0 Å². The van der Waals surface area contributed by atoms with E-state index in [1.807, 2.05) is 0 Å². The minimum absolute atomic E-state index is 0.203. The average molecular weight is 284 g/mol. The first-order valence-electron chi connectivity index (χ1n) is 6.51. The fraction of sp³-hybridized carbons (Fsp3) is 0.267. The standard InChI is InChI=1S/C15H12N2O4/c1-2-3-9-4-5-10-12(8-9)21-15(20)17(10)11-6-7-13(18)16-14(11)19/h4-5,8,11H,6-7H2,1H3,(H,16,18,19). The van der Waals surface area contributed by atoms with Gasteiger partial charge in [-0.1, -0.05) is 5.92 Å². The van der Waals surface area contributed by atoms with Crippen molar-refractivity contribution >= 4 is 22.9 Å². The molecular formula is C15H12N2O4. The van der Waals surface area contributed by atoms with Gasteiger partial charge in [-0.15, -0.1) is 5.92 Å². The van der Waals surface area contributed by atoms with Crippen molar-refractivity contribution in [2.24, 2.45) is 0 Å². The summed E-state index contributed by atoms with van der Waals surface area (Å²) in [6.45, 7) is 1.72. The molecular weight excluding hydrogens is 272 g/mol. The van der Waals surface area contributed by atoms with Crippen LogP contribution in [0.15, 0.2) is 27.4 Å². The van der Waals surface area contributed by atoms with Crippen molar-refractivity contribution in [3.8, 4) is 11.8 Å². The lowest BCUT2D eigenvalue weighted by Crippen LogP contribution is -2.43. The summed E-state index contributed by atoms with van der Waals surface area (Å²) in [7, 11) is 0. The number of carbonyl (C=O) groups is 2. The molecule has 0 spiro atoms. The zero-order chi connectivity index (χ0) is 15.0. The van der Waals surface area contributed by atoms with Crippen LogP contribution in [0.1, 0.15) is 31.4 Å². The highest BCUT2D eigenvalue weighted by atomic mass is 16.4. The Balaban J connectivity index is 2.12. The first-order chi connectivity index (χ1) is 10.1. The van der Waals surface area contributed by atoms with E-state index in [2.05, 4.69) is 17.2 Å². The number of benzene rings is 1. The molecule has 1 unspecified atom stereocenters. The lowest BCUT2D eigenvalue weighted by molar-refractivity contribution is -0.135. The number of amides is 2. The average Bonchev–Trinajstić information content (AvgIpc) is 2.75. The summed E-state index contributed by atoms with van der Waals surface area (Å²) < 4.78 is 6.48. The van der Waals surface area contributed by atoms with Crippen LogP contribution in [0.5, 0.6) is 0 Å². The van der Waals surface area contributed by atoms with Crippen molar-refractivity contribution in [3.63, 3.8) is 0 Å². The fourth-order valence-corrected chi connectivity index (χ4v) is 2.48. The molecule has 1 aromatic heterocycles. The van der Waals surface area contributed by atoms with Crippen LogP contribution >= 0.6 is 0 Å². The molecule has 2 heterocycles. The number of nitrogens with zero attached hydrogens (tertiary/aromatic N) is 1. The van der Waals surface area contributed by atoms with Crippen LogP contribution in [-0.2, 0) is 9.59 Å². The molecule has 6 nitrogen and oxygen atoms in total. The number of carbonyl (C=O) groups excluding carboxylic acids is 2. The van der Waals surface area contributed by atoms with Crippen molar-refractivity contribution in [3.05, 3.63) is 34.3 Å². The van der Waals surface area contributed by atoms with Crippen LogP contribution in [0.4, 0.5) is 0 Å². The summed E-state index contributed by atoms with van der Waals surface area (Å²) in [4.78, 5) is 35.1. The maximum atomic E-state index is 12.0. The van der Waals surface area contributed by atoms with Gasteiger partial charge in [-0.25, -0.2) is 4.79 Å². The van der Waals surface area contributed by atoms with E-state index in [1.54, 1.807) is 25.1 Å². The van der Waals surface area contributed by atoms with Crippen molar-refractivity contribution in [2.75, 3.05) is 0 Å². The highest BCUT2D eigenvalue weighted by Crippen LogP contribution is 2.23. The van der Waals surface area contributed by atoms with Gasteiger partial charge in [0, 0.05) is 12.0 Å². The zero-order valence-corrected chi connectivity index (χ0v) is 11.3. The highest BCUT2D eigenvalue weighted by Gasteiger charge is 2.31. The predicted molar refractivity (Wildman–Crippen MR) is 74.4 cm³/mol. The number of rotatable bonds is 1. The Hall–Kier alpha value is -2.81. The quantitative estimate of drug-likeness (QED) is 0.624. The molecule has 106 valence electrons. The number of aromatic nitrogens is 1. The Labute approximate surface area is 119 Å². The molecule has 0 bridgehead atoms. The normalized spacial score (nSPS) is 18.2. The fourth-order valence-electron chi connectivity index (χ4n) is 2.48. The number of nitrogens with one attached hydrogen (secondary N) is 1. The summed E-state index contributed by atoms with van der Waals surface area (Å²) in [5, 5.41) is 2.24. The third-order valence-electron chi connectivity index (χ3n) is 3.40. The number of hydrogen-bond donors (Lipinski definition) is 1. The van der Waals surface area contributed by atoms with Gasteiger partial charge < -0.3 is 4.42 Å². The summed E-state index contributed by atoms with van der Waals surface area (Å²) >= 11 is 0. The minimum Gasteiger partial charge on any atom is -0.408 e. The van der Waals surface area contributed by atoms with E-state index in [1.165, 1.54) is 4.57 Å². The third-order valence-corrected chi connectivity index (χ3v) is 3.40. The molecule has 0 aliphatic carbocycles. The minimum atomic E-state index is -0.723. The van der Waals surface area contributed by atoms with E-state index in [0.717, 1.165) is 5.56 Å². The summed E-state index contributed by atoms with van der Waals surface area (Å²) in [5.41, 5.74) is 1.63. The van der Waals surface area contributed by atoms with Gasteiger partial charge in [0.05, 0.1) is 5.52 Å². The lowest BCUT2D eigenvalue weighted by atomic mass is 10.1. The van der Waals surface area contributed by atoms with Crippen LogP contribution in [0.25, 0.3) is 11.1 Å². The van der Waals surface area contributed by atoms with Gasteiger partial charge in [-0.2, -0.15) is 0 Å². The first-order valence-corrected chi connectivity index (χ1v) is 6.51. The number of fused-ring (bicyclic) bond motifs is 1. The molecule has 0 radical (unpaired) electrons. The molecule has 3 rings (SSSR count). The van der Waals surface area contributed by atoms with E-state index >= 15 is 0 Å². The summed E-state index contributed by atoms with van der Waals surface area (Å²) in [5.74, 6) is 4.23. The Morgan fingerprint density at radius 3 is 2.86 bits per heavy atom. The molecule has 1 aliphatic rings. The molecule has 1 N–H and O–H groups in total. The monoisotopic (exact) mass is 284 g/mol. The van der Waals surface area contributed by atoms with Crippen LogP contribution in [0.3, 0.4) is 0 Å². The van der Waals surface area contributed by atoms with E-state index in [9.17, 15) is 14.4 Å². The first kappa shape index (κ1) is 13.2. The second kappa shape index (κ2) is 4.94. The summed E-state index contributed by atoms with van der Waals surface area (Å²) in [6.07, 6.45) is 0.491. The molecule has 1 fully saturated rings. The second-order valence-corrected chi connectivity index (χ2v) is 4.76. The molecule has 1 saturated heterocycles. The molecule has 21 heavy (non-hydrogen) atoms. The number of piperidine rings is 1. The van der Waals surface area contributed by atoms with Gasteiger partial charge in [-0.05, 0) is 31.5 Å². The van der Waals surface area contributed by atoms with Crippen LogP contribution in [0, 0.1) is 11.8 Å². The van der Waals surface area contributed by atoms with Crippen molar-refractivity contribution in [1.82, 2.24) is 9.88 Å². The van der Waals surface area contributed by atoms with Gasteiger partial charge in [-0.3, -0.25) is 19.5 Å². The van der Waals surface area contributed by atoms with Crippen LogP contribution in [-0.4, -0.2) is 16.4 Å². The van der Waals surface area contributed by atoms with Gasteiger partial charge in [0.2, 0.25) is 11.8 Å². The molecule has 1 aliphatic heterocycles. The highest BCUT2D eigenvalue weighted by molar-refractivity contribution is 6.00. The molecule has 2 amide bonds. The molecule has 6 heteroatoms. The van der Waals surface area contributed by atoms with Gasteiger partial charge in [0.15, 0.2) is 5.58 Å². The van der Waals surface area contributed by atoms with E-state index < -0.39 is 17.7 Å². The molecule has 1 aromatic carbocycles. The van der Waals surface area contributed by atoms with E-state index in [0.29, 0.717) is 11.1 Å². The largest absolute Gasteiger partial charge is 0.420 e. The maximum absolute atomic E-state index is 12.0. The Morgan fingerprint density at radius 1 is 1.33 bits per heavy atom. The van der Waals surface area contributed by atoms with Gasteiger partial charge in [0.1, 0.15) is 6.04 Å². The maximum Gasteiger partial charge on any atom is 0.420 e. The van der Waals surface area contributed by atoms with Crippen LogP contribution < -0.4 is 11.1 Å². The summed E-state index contributed by atoms with van der Waals surface area (Å²) in [6, 6.07) is 4.40. The van der Waals surface area contributed by atoms with Gasteiger partial charge >= 0.3 is 5.76 Å². The second-order valence-electron chi connectivity index (χ2n) is 4.76. The van der Waals surface area contributed by atoms with E-state index in [4.69, 9.17) is 4.42 Å². The van der Waals surface area contributed by atoms with Crippen LogP contribution in [0.2, 0.25) is 0 Å². The predicted octanol–water partition coefficient (Wildman–Crippen LogP) is 0.944. The van der Waals surface area contributed by atoms with Gasteiger partial charge in [0.25, 0.3) is 0 Å².